The third-order valence-corrected chi connectivity index (χ3v) is 1.95. The zero-order valence-electron chi connectivity index (χ0n) is 8.10. The highest BCUT2D eigenvalue weighted by molar-refractivity contribution is 6.37. The second-order valence-electron chi connectivity index (χ2n) is 3.16. The number of aliphatic hydroxyl groups excluding tert-OH is 1. The van der Waals surface area contributed by atoms with Crippen LogP contribution in [0.4, 0.5) is 0 Å². The van der Waals surface area contributed by atoms with Gasteiger partial charge >= 0.3 is 5.97 Å². The van der Waals surface area contributed by atoms with E-state index < -0.39 is 23.3 Å². The van der Waals surface area contributed by atoms with Gasteiger partial charge in [-0.25, -0.2) is 4.79 Å². The van der Waals surface area contributed by atoms with Gasteiger partial charge in [0.2, 0.25) is 0 Å². The number of ketones is 3. The van der Waals surface area contributed by atoms with Gasteiger partial charge in [0.1, 0.15) is 11.5 Å². The van der Waals surface area contributed by atoms with Crippen LogP contribution in [0.1, 0.15) is 12.8 Å². The van der Waals surface area contributed by atoms with Gasteiger partial charge in [-0.3, -0.25) is 14.4 Å². The third-order valence-electron chi connectivity index (χ3n) is 1.95. The van der Waals surface area contributed by atoms with Crippen molar-refractivity contribution in [2.75, 3.05) is 0 Å². The fraction of sp³-hybridized carbons (Fsp3) is 0.200. The molecule has 1 aliphatic carbocycles. The van der Waals surface area contributed by atoms with E-state index in [0.29, 0.717) is 6.08 Å². The normalized spacial score (nSPS) is 17.0. The van der Waals surface area contributed by atoms with Gasteiger partial charge in [0.15, 0.2) is 5.78 Å². The Morgan fingerprint density at radius 2 is 1.88 bits per heavy atom. The Morgan fingerprint density at radius 1 is 1.25 bits per heavy atom. The molecule has 0 aromatic heterocycles. The number of hydrogen-bond acceptors (Lipinski definition) is 5. The van der Waals surface area contributed by atoms with Crippen LogP contribution in [0.3, 0.4) is 0 Å². The number of carbonyl (C=O) groups excluding carboxylic acids is 3. The average molecular weight is 224 g/mol. The van der Waals surface area contributed by atoms with Crippen LogP contribution in [0.25, 0.3) is 0 Å². The molecular formula is C10H8O6. The largest absolute Gasteiger partial charge is 0.507 e. The number of aliphatic hydroxyl groups is 1. The maximum absolute atomic E-state index is 11.2. The maximum atomic E-state index is 11.2. The number of Topliss-reactive ketones (excluding diaryl/α,β-unsaturated/α-hetero) is 2. The number of carboxylic acids is 1. The molecule has 0 radical (unpaired) electrons. The molecule has 6 nitrogen and oxygen atoms in total. The van der Waals surface area contributed by atoms with E-state index in [9.17, 15) is 24.3 Å². The minimum atomic E-state index is -1.73. The van der Waals surface area contributed by atoms with Crippen molar-refractivity contribution in [2.24, 2.45) is 0 Å². The molecule has 0 saturated carbocycles. The highest BCUT2D eigenvalue weighted by Crippen LogP contribution is 2.17. The summed E-state index contributed by atoms with van der Waals surface area (Å²) in [7, 11) is 0. The van der Waals surface area contributed by atoms with Crippen molar-refractivity contribution in [3.8, 4) is 0 Å². The molecule has 1 rings (SSSR count). The van der Waals surface area contributed by atoms with Gasteiger partial charge in [-0.2, -0.15) is 0 Å². The van der Waals surface area contributed by atoms with E-state index in [4.69, 9.17) is 5.11 Å². The second-order valence-corrected chi connectivity index (χ2v) is 3.16. The SMILES string of the molecule is O=C1CC=C(/C(O)=C/C(=O)C(=O)O)C(=O)C1. The first kappa shape index (κ1) is 11.8. The van der Waals surface area contributed by atoms with Crippen molar-refractivity contribution in [2.45, 2.75) is 12.8 Å². The number of allylic oxidation sites excluding steroid dienone is 2. The number of rotatable bonds is 3. The molecule has 0 amide bonds. The van der Waals surface area contributed by atoms with Crippen LogP contribution < -0.4 is 0 Å². The lowest BCUT2D eigenvalue weighted by Gasteiger charge is -2.09. The Balaban J connectivity index is 2.94. The standard InChI is InChI=1S/C10H8O6/c11-5-1-2-6(7(12)3-5)8(13)4-9(14)10(15)16/h2,4,13H,1,3H2,(H,15,16)/b8-4-. The molecule has 0 atom stereocenters. The number of hydrogen-bond donors (Lipinski definition) is 2. The monoisotopic (exact) mass is 224 g/mol. The maximum Gasteiger partial charge on any atom is 0.376 e. The van der Waals surface area contributed by atoms with Crippen molar-refractivity contribution in [1.82, 2.24) is 0 Å². The number of aliphatic carboxylic acids is 1. The molecule has 84 valence electrons. The highest BCUT2D eigenvalue weighted by Gasteiger charge is 2.23. The van der Waals surface area contributed by atoms with Gasteiger partial charge in [-0.15, -0.1) is 0 Å². The summed E-state index contributed by atoms with van der Waals surface area (Å²) in [4.78, 5) is 43.0. The Bertz CT molecular complexity index is 440. The van der Waals surface area contributed by atoms with Crippen LogP contribution in [-0.4, -0.2) is 33.5 Å². The van der Waals surface area contributed by atoms with E-state index in [1.807, 2.05) is 0 Å². The van der Waals surface area contributed by atoms with Gasteiger partial charge in [0.25, 0.3) is 5.78 Å². The smallest absolute Gasteiger partial charge is 0.376 e. The van der Waals surface area contributed by atoms with Gasteiger partial charge in [0.05, 0.1) is 12.0 Å². The molecule has 2 N–H and O–H groups in total. The molecule has 0 heterocycles. The minimum absolute atomic E-state index is 0.0137. The first-order valence-corrected chi connectivity index (χ1v) is 4.35. The summed E-state index contributed by atoms with van der Waals surface area (Å²) in [6.45, 7) is 0. The number of carbonyl (C=O) groups is 4. The van der Waals surface area contributed by atoms with Crippen molar-refractivity contribution in [3.63, 3.8) is 0 Å². The fourth-order valence-corrected chi connectivity index (χ4v) is 1.19. The van der Waals surface area contributed by atoms with Crippen LogP contribution in [0, 0.1) is 0 Å². The van der Waals surface area contributed by atoms with Crippen molar-refractivity contribution in [3.05, 3.63) is 23.5 Å². The lowest BCUT2D eigenvalue weighted by molar-refractivity contribution is -0.146. The van der Waals surface area contributed by atoms with Gasteiger partial charge < -0.3 is 10.2 Å². The van der Waals surface area contributed by atoms with Crippen molar-refractivity contribution in [1.29, 1.82) is 0 Å². The van der Waals surface area contributed by atoms with E-state index in [2.05, 4.69) is 0 Å². The molecule has 0 bridgehead atoms. The number of carboxylic acid groups (broad SMARTS) is 1. The molecule has 6 heteroatoms. The van der Waals surface area contributed by atoms with E-state index in [1.54, 1.807) is 0 Å². The topological polar surface area (TPSA) is 109 Å². The Morgan fingerprint density at radius 3 is 2.38 bits per heavy atom. The van der Waals surface area contributed by atoms with Crippen LogP contribution in [0.15, 0.2) is 23.5 Å². The summed E-state index contributed by atoms with van der Waals surface area (Å²) < 4.78 is 0. The zero-order chi connectivity index (χ0) is 12.3. The average Bonchev–Trinajstić information content (AvgIpc) is 2.16. The summed E-state index contributed by atoms with van der Waals surface area (Å²) in [5.74, 6) is -4.69. The molecule has 0 aliphatic heterocycles. The minimum Gasteiger partial charge on any atom is -0.507 e. The third kappa shape index (κ3) is 2.63. The Labute approximate surface area is 89.9 Å². The quantitative estimate of drug-likeness (QED) is 0.301. The summed E-state index contributed by atoms with van der Waals surface area (Å²) in [5.41, 5.74) is -0.186. The summed E-state index contributed by atoms with van der Waals surface area (Å²) in [6, 6.07) is 0. The molecule has 0 aromatic rings. The predicted octanol–water partition coefficient (Wildman–Crippen LogP) is -0.0596. The Kier molecular flexibility index (Phi) is 3.34. The van der Waals surface area contributed by atoms with Crippen molar-refractivity contribution < 1.29 is 29.4 Å². The van der Waals surface area contributed by atoms with Crippen LogP contribution in [0.2, 0.25) is 0 Å². The molecule has 0 fully saturated rings. The zero-order valence-corrected chi connectivity index (χ0v) is 8.10. The predicted molar refractivity (Wildman–Crippen MR) is 50.7 cm³/mol. The van der Waals surface area contributed by atoms with Crippen LogP contribution in [-0.2, 0) is 19.2 Å². The van der Waals surface area contributed by atoms with Crippen LogP contribution >= 0.6 is 0 Å². The summed E-state index contributed by atoms with van der Waals surface area (Å²) >= 11 is 0. The molecule has 0 spiro atoms. The van der Waals surface area contributed by atoms with E-state index in [-0.39, 0.29) is 24.2 Å². The van der Waals surface area contributed by atoms with E-state index in [0.717, 1.165) is 0 Å². The van der Waals surface area contributed by atoms with E-state index in [1.165, 1.54) is 6.08 Å². The molecular weight excluding hydrogens is 216 g/mol. The summed E-state index contributed by atoms with van der Waals surface area (Å²) in [5, 5.41) is 17.6. The van der Waals surface area contributed by atoms with Gasteiger partial charge in [-0.05, 0) is 0 Å². The molecule has 0 unspecified atom stereocenters. The first-order valence-electron chi connectivity index (χ1n) is 4.35. The first-order chi connectivity index (χ1) is 7.41. The second kappa shape index (κ2) is 4.52. The Hall–Kier alpha value is -2.24. The lowest BCUT2D eigenvalue weighted by Crippen LogP contribution is -2.18. The van der Waals surface area contributed by atoms with Gasteiger partial charge in [0, 0.05) is 12.5 Å². The molecule has 1 aliphatic rings. The molecule has 0 saturated heterocycles. The van der Waals surface area contributed by atoms with Gasteiger partial charge in [-0.1, -0.05) is 6.08 Å². The lowest BCUT2D eigenvalue weighted by atomic mass is 9.95. The fourth-order valence-electron chi connectivity index (χ4n) is 1.19. The van der Waals surface area contributed by atoms with E-state index >= 15 is 0 Å². The molecule has 16 heavy (non-hydrogen) atoms. The van der Waals surface area contributed by atoms with Crippen LogP contribution in [0.5, 0.6) is 0 Å². The highest BCUT2D eigenvalue weighted by atomic mass is 16.4. The van der Waals surface area contributed by atoms with Crippen molar-refractivity contribution >= 4 is 23.3 Å². The molecule has 0 aromatic carbocycles. The summed E-state index contributed by atoms with van der Waals surface area (Å²) in [6.07, 6.45) is 1.27.